The molecule has 0 fully saturated rings. The van der Waals surface area contributed by atoms with Crippen molar-refractivity contribution >= 4 is 19.9 Å². The molecule has 0 aromatic rings. The van der Waals surface area contributed by atoms with Gasteiger partial charge in [0.05, 0.1) is 6.07 Å². The normalized spacial score (nSPS) is 10.7. The van der Waals surface area contributed by atoms with Gasteiger partial charge in [0, 0.05) is 23.6 Å². The van der Waals surface area contributed by atoms with Gasteiger partial charge in [-0.2, -0.15) is 13.7 Å². The highest BCUT2D eigenvalue weighted by Crippen LogP contribution is 1.87. The first kappa shape index (κ1) is 8.69. The van der Waals surface area contributed by atoms with Crippen molar-refractivity contribution in [3.8, 4) is 6.07 Å². The Morgan fingerprint density at radius 1 is 1.67 bits per heavy atom. The lowest BCUT2D eigenvalue weighted by atomic mass is 10.5. The van der Waals surface area contributed by atoms with Gasteiger partial charge < -0.3 is 0 Å². The molecule has 4 nitrogen and oxygen atoms in total. The zero-order valence-electron chi connectivity index (χ0n) is 4.46. The van der Waals surface area contributed by atoms with Gasteiger partial charge in [-0.05, 0) is 0 Å². The van der Waals surface area contributed by atoms with Crippen LogP contribution >= 0.6 is 10.7 Å². The molecule has 0 atom stereocenters. The van der Waals surface area contributed by atoms with Gasteiger partial charge in [-0.1, -0.05) is 0 Å². The minimum atomic E-state index is -3.63. The Hall–Kier alpha value is -0.310. The maximum Gasteiger partial charge on any atom is 0.297 e. The monoisotopic (exact) mass is 168 g/mol. The Bertz CT molecular complexity index is 204. The molecule has 0 spiro atoms. The largest absolute Gasteiger partial charge is 0.297 e. The quantitative estimate of drug-likeness (QED) is 0.476. The predicted octanol–water partition coefficient (Wildman–Crippen LogP) is -0.0267. The second-order valence-electron chi connectivity index (χ2n) is 1.24. The van der Waals surface area contributed by atoms with E-state index in [2.05, 4.69) is 0 Å². The minimum Gasteiger partial charge on any atom is -0.201 e. The molecule has 0 aliphatic rings. The summed E-state index contributed by atoms with van der Waals surface area (Å²) in [6.07, 6.45) is 0.131. The Balaban J connectivity index is 3.44. The second-order valence-corrected chi connectivity index (χ2v) is 3.62. The molecule has 0 aromatic carbocycles. The van der Waals surface area contributed by atoms with E-state index in [-0.39, 0.29) is 13.0 Å². The van der Waals surface area contributed by atoms with Gasteiger partial charge in [-0.3, -0.25) is 0 Å². The summed E-state index contributed by atoms with van der Waals surface area (Å²) < 4.78 is 22.0. The van der Waals surface area contributed by atoms with Crippen LogP contribution in [0.5, 0.6) is 0 Å². The molecule has 0 unspecified atom stereocenters. The summed E-state index contributed by atoms with van der Waals surface area (Å²) in [7, 11) is 1.10. The minimum absolute atomic E-state index is 0.0718. The molecule has 6 heteroatoms. The topological polar surface area (TPSA) is 70.0 Å². The molecule has 52 valence electrons. The van der Waals surface area contributed by atoms with Gasteiger partial charge >= 0.3 is 0 Å². The molecule has 0 saturated heterocycles. The van der Waals surface area contributed by atoms with Crippen molar-refractivity contribution in [3.63, 3.8) is 0 Å². The zero-order valence-corrected chi connectivity index (χ0v) is 6.04. The van der Waals surface area contributed by atoms with Gasteiger partial charge in [-0.25, -0.2) is 4.72 Å². The fourth-order valence-electron chi connectivity index (χ4n) is 0.229. The number of nitrogens with one attached hydrogen (secondary N) is 1. The lowest BCUT2D eigenvalue weighted by Gasteiger charge is -1.91. The number of halogens is 1. The number of nitrogens with zero attached hydrogens (tertiary/aromatic N) is 1. The van der Waals surface area contributed by atoms with Crippen LogP contribution in [-0.2, 0) is 9.24 Å². The van der Waals surface area contributed by atoms with Crippen LogP contribution in [0.4, 0.5) is 0 Å². The molecule has 0 saturated carbocycles. The maximum absolute atomic E-state index is 10.1. The number of nitriles is 1. The van der Waals surface area contributed by atoms with Crippen LogP contribution in [0, 0.1) is 11.3 Å². The Morgan fingerprint density at radius 3 is 2.56 bits per heavy atom. The van der Waals surface area contributed by atoms with Crippen LogP contribution in [0.2, 0.25) is 0 Å². The third-order valence-corrected chi connectivity index (χ3v) is 1.39. The van der Waals surface area contributed by atoms with Crippen LogP contribution < -0.4 is 4.72 Å². The standard InChI is InChI=1S/C3H5ClN2O2S/c4-9(7,8)6-3-1-2-5/h6H,1,3H2. The van der Waals surface area contributed by atoms with Crippen molar-refractivity contribution in [1.29, 1.82) is 5.26 Å². The third kappa shape index (κ3) is 7.69. The molecule has 0 aliphatic heterocycles. The Kier molecular flexibility index (Phi) is 3.54. The molecule has 0 radical (unpaired) electrons. The van der Waals surface area contributed by atoms with E-state index in [0.717, 1.165) is 0 Å². The molecule has 0 aliphatic carbocycles. The number of hydrogen-bond acceptors (Lipinski definition) is 3. The first-order valence-electron chi connectivity index (χ1n) is 2.12. The van der Waals surface area contributed by atoms with E-state index >= 15 is 0 Å². The summed E-state index contributed by atoms with van der Waals surface area (Å²) in [5.74, 6) is 0. The molecule has 0 heterocycles. The average molecular weight is 169 g/mol. The molecule has 0 amide bonds. The van der Waals surface area contributed by atoms with E-state index in [0.29, 0.717) is 0 Å². The van der Waals surface area contributed by atoms with Crippen LogP contribution in [-0.4, -0.2) is 15.0 Å². The van der Waals surface area contributed by atoms with Crippen molar-refractivity contribution in [1.82, 2.24) is 4.72 Å². The smallest absolute Gasteiger partial charge is 0.201 e. The van der Waals surface area contributed by atoms with Gasteiger partial charge in [-0.15, -0.1) is 0 Å². The first-order valence-corrected chi connectivity index (χ1v) is 4.43. The van der Waals surface area contributed by atoms with E-state index < -0.39 is 9.24 Å². The molecule has 0 bridgehead atoms. The van der Waals surface area contributed by atoms with Crippen LogP contribution in [0.3, 0.4) is 0 Å². The SMILES string of the molecule is N#CCCNS(=O)(=O)Cl. The Labute approximate surface area is 58.0 Å². The first-order chi connectivity index (χ1) is 4.06. The highest BCUT2D eigenvalue weighted by molar-refractivity contribution is 8.12. The van der Waals surface area contributed by atoms with Crippen molar-refractivity contribution in [2.24, 2.45) is 0 Å². The fraction of sp³-hybridized carbons (Fsp3) is 0.667. The van der Waals surface area contributed by atoms with E-state index in [1.807, 2.05) is 4.72 Å². The summed E-state index contributed by atoms with van der Waals surface area (Å²) in [6, 6.07) is 1.75. The summed E-state index contributed by atoms with van der Waals surface area (Å²) in [4.78, 5) is 0. The molecule has 1 N–H and O–H groups in total. The summed E-state index contributed by atoms with van der Waals surface area (Å²) in [5, 5.41) is 7.94. The highest BCUT2D eigenvalue weighted by Gasteiger charge is 1.99. The summed E-state index contributed by atoms with van der Waals surface area (Å²) in [5.41, 5.74) is 0. The second kappa shape index (κ2) is 3.67. The van der Waals surface area contributed by atoms with E-state index in [9.17, 15) is 8.42 Å². The number of rotatable bonds is 3. The lowest BCUT2D eigenvalue weighted by molar-refractivity contribution is 0.597. The van der Waals surface area contributed by atoms with Crippen molar-refractivity contribution < 1.29 is 8.42 Å². The van der Waals surface area contributed by atoms with Crippen LogP contribution in [0.25, 0.3) is 0 Å². The number of hydrogen-bond donors (Lipinski definition) is 1. The fourth-order valence-corrected chi connectivity index (χ4v) is 0.806. The Morgan fingerprint density at radius 2 is 2.22 bits per heavy atom. The van der Waals surface area contributed by atoms with Crippen LogP contribution in [0.15, 0.2) is 0 Å². The van der Waals surface area contributed by atoms with Gasteiger partial charge in [0.1, 0.15) is 0 Å². The van der Waals surface area contributed by atoms with Crippen molar-refractivity contribution in [2.45, 2.75) is 6.42 Å². The highest BCUT2D eigenvalue weighted by atomic mass is 35.7. The summed E-state index contributed by atoms with van der Waals surface area (Å²) >= 11 is 0. The third-order valence-electron chi connectivity index (χ3n) is 0.511. The molecular weight excluding hydrogens is 164 g/mol. The van der Waals surface area contributed by atoms with Crippen molar-refractivity contribution in [3.05, 3.63) is 0 Å². The van der Waals surface area contributed by atoms with E-state index in [1.165, 1.54) is 0 Å². The molecule has 9 heavy (non-hydrogen) atoms. The van der Waals surface area contributed by atoms with E-state index in [4.69, 9.17) is 15.9 Å². The predicted molar refractivity (Wildman–Crippen MR) is 33.0 cm³/mol. The maximum atomic E-state index is 10.1. The summed E-state index contributed by atoms with van der Waals surface area (Å²) in [6.45, 7) is 0.0718. The van der Waals surface area contributed by atoms with Crippen LogP contribution in [0.1, 0.15) is 6.42 Å². The van der Waals surface area contributed by atoms with Gasteiger partial charge in [0.2, 0.25) is 0 Å². The molecular formula is C3H5ClN2O2S. The molecule has 0 aromatic heterocycles. The van der Waals surface area contributed by atoms with E-state index in [1.54, 1.807) is 6.07 Å². The van der Waals surface area contributed by atoms with Gasteiger partial charge in [0.15, 0.2) is 0 Å². The lowest BCUT2D eigenvalue weighted by Crippen LogP contribution is -2.18. The van der Waals surface area contributed by atoms with Crippen molar-refractivity contribution in [2.75, 3.05) is 6.54 Å². The molecule has 0 rings (SSSR count). The van der Waals surface area contributed by atoms with Gasteiger partial charge in [0.25, 0.3) is 9.24 Å². The average Bonchev–Trinajstić information content (AvgIpc) is 1.63. The zero-order chi connectivity index (χ0) is 7.33.